The Kier molecular flexibility index (Phi) is 6.82. The topological polar surface area (TPSA) is 69.5 Å². The highest BCUT2D eigenvalue weighted by Gasteiger charge is 2.31. The average Bonchev–Trinajstić information content (AvgIpc) is 2.88. The zero-order valence-electron chi connectivity index (χ0n) is 21.5. The minimum atomic E-state index is -0.359. The summed E-state index contributed by atoms with van der Waals surface area (Å²) in [5.41, 5.74) is 7.13. The molecule has 1 saturated heterocycles. The molecule has 2 aromatic carbocycles. The number of aromatic nitrogens is 1. The summed E-state index contributed by atoms with van der Waals surface area (Å²) in [6.07, 6.45) is 3.57. The van der Waals surface area contributed by atoms with Crippen molar-refractivity contribution in [2.45, 2.75) is 53.0 Å². The van der Waals surface area contributed by atoms with Crippen LogP contribution in [0.2, 0.25) is 0 Å². The molecule has 186 valence electrons. The van der Waals surface area contributed by atoms with Gasteiger partial charge in [0.15, 0.2) is 5.69 Å². The van der Waals surface area contributed by atoms with Crippen LogP contribution in [0, 0.1) is 31.1 Å². The number of piperidine rings is 1. The van der Waals surface area contributed by atoms with E-state index in [4.69, 9.17) is 9.72 Å². The first-order valence-corrected chi connectivity index (χ1v) is 13.1. The molecule has 0 radical (unpaired) electrons. The van der Waals surface area contributed by atoms with Gasteiger partial charge in [-0.3, -0.25) is 0 Å². The second-order valence-electron chi connectivity index (χ2n) is 10.0. The number of carbonyl (C=O) groups excluding carboxylic acids is 1. The summed E-state index contributed by atoms with van der Waals surface area (Å²) in [5, 5.41) is 11.8. The Morgan fingerprint density at radius 1 is 1.17 bits per heavy atom. The van der Waals surface area contributed by atoms with Gasteiger partial charge in [0.2, 0.25) is 0 Å². The number of hydrogen-bond acceptors (Lipinski definition) is 6. The van der Waals surface area contributed by atoms with Crippen molar-refractivity contribution in [2.75, 3.05) is 36.0 Å². The van der Waals surface area contributed by atoms with Gasteiger partial charge >= 0.3 is 5.97 Å². The molecule has 0 unspecified atom stereocenters. The van der Waals surface area contributed by atoms with Crippen LogP contribution in [0.25, 0.3) is 10.8 Å². The molecule has 0 aliphatic carbocycles. The number of fused-ring (bicyclic) bond motifs is 2. The van der Waals surface area contributed by atoms with Crippen LogP contribution in [-0.2, 0) is 17.7 Å². The summed E-state index contributed by atoms with van der Waals surface area (Å²) < 4.78 is 5.41. The van der Waals surface area contributed by atoms with Gasteiger partial charge in [-0.05, 0) is 63.0 Å². The van der Waals surface area contributed by atoms with Crippen LogP contribution < -0.4 is 9.80 Å². The maximum atomic E-state index is 13.0. The Hall–Kier alpha value is -3.59. The zero-order valence-corrected chi connectivity index (χ0v) is 21.5. The quantitative estimate of drug-likeness (QED) is 0.433. The van der Waals surface area contributed by atoms with Gasteiger partial charge in [0.25, 0.3) is 0 Å². The number of carbonyl (C=O) groups is 1. The highest BCUT2D eigenvalue weighted by Crippen LogP contribution is 2.38. The van der Waals surface area contributed by atoms with Gasteiger partial charge in [-0.1, -0.05) is 30.3 Å². The molecule has 6 heteroatoms. The lowest BCUT2D eigenvalue weighted by Crippen LogP contribution is -2.39. The second kappa shape index (κ2) is 10.2. The van der Waals surface area contributed by atoms with Crippen LogP contribution in [0.4, 0.5) is 11.4 Å². The van der Waals surface area contributed by atoms with Crippen LogP contribution in [0.1, 0.15) is 59.1 Å². The molecule has 1 aromatic heterocycles. The van der Waals surface area contributed by atoms with Gasteiger partial charge in [0.1, 0.15) is 0 Å². The molecule has 0 spiro atoms. The fourth-order valence-corrected chi connectivity index (χ4v) is 6.03. The number of aryl methyl sites for hydroxylation is 1. The minimum absolute atomic E-state index is 0.321. The fraction of sp³-hybridized carbons (Fsp3) is 0.433. The number of anilines is 2. The molecule has 0 bridgehead atoms. The summed E-state index contributed by atoms with van der Waals surface area (Å²) in [6, 6.07) is 15.3. The average molecular weight is 483 g/mol. The van der Waals surface area contributed by atoms with E-state index >= 15 is 0 Å². The van der Waals surface area contributed by atoms with Crippen molar-refractivity contribution in [2.24, 2.45) is 5.92 Å². The lowest BCUT2D eigenvalue weighted by Gasteiger charge is -2.39. The summed E-state index contributed by atoms with van der Waals surface area (Å²) >= 11 is 0. The van der Waals surface area contributed by atoms with Crippen molar-refractivity contribution in [3.8, 4) is 6.07 Å². The fourth-order valence-electron chi connectivity index (χ4n) is 6.03. The van der Waals surface area contributed by atoms with E-state index in [1.54, 1.807) is 0 Å². The molecule has 5 rings (SSSR count). The summed E-state index contributed by atoms with van der Waals surface area (Å²) in [7, 11) is 0. The van der Waals surface area contributed by atoms with Crippen LogP contribution >= 0.6 is 0 Å². The van der Waals surface area contributed by atoms with E-state index in [-0.39, 0.29) is 5.97 Å². The number of nitrogens with zero attached hydrogens (tertiary/aromatic N) is 4. The van der Waals surface area contributed by atoms with Gasteiger partial charge in [0, 0.05) is 53.9 Å². The zero-order chi connectivity index (χ0) is 25.2. The first-order chi connectivity index (χ1) is 17.5. The molecule has 0 saturated carbocycles. The molecule has 6 nitrogen and oxygen atoms in total. The Balaban J connectivity index is 1.58. The smallest absolute Gasteiger partial charge is 0.357 e. The molecule has 36 heavy (non-hydrogen) atoms. The van der Waals surface area contributed by atoms with Crippen molar-refractivity contribution in [3.05, 3.63) is 64.5 Å². The van der Waals surface area contributed by atoms with E-state index in [1.165, 1.54) is 27.6 Å². The molecular formula is C30H34N4O2. The van der Waals surface area contributed by atoms with E-state index in [0.29, 0.717) is 31.2 Å². The summed E-state index contributed by atoms with van der Waals surface area (Å²) in [5.74, 6) is -0.000445. The molecule has 1 fully saturated rings. The standard InChI is InChI=1S/C30H34N4O2/c1-4-36-30(35)28-21(3)29(34-16-7-9-22(18-34)13-15-31)24-14-17-33(19-25(24)32-28)26-12-6-11-23-10-5-8-20(2)27(23)26/h5-6,8,10-12,22H,4,7,9,13-14,16-19H2,1-3H3/t22-/m0/s1. The number of pyridine rings is 1. The van der Waals surface area contributed by atoms with Gasteiger partial charge in [-0.25, -0.2) is 9.78 Å². The summed E-state index contributed by atoms with van der Waals surface area (Å²) in [6.45, 7) is 9.64. The molecule has 2 aliphatic rings. The van der Waals surface area contributed by atoms with Gasteiger partial charge in [-0.15, -0.1) is 0 Å². The number of nitriles is 1. The normalized spacial score (nSPS) is 17.6. The van der Waals surface area contributed by atoms with Crippen LogP contribution in [0.5, 0.6) is 0 Å². The lowest BCUT2D eigenvalue weighted by atomic mass is 9.91. The number of benzene rings is 2. The van der Waals surface area contributed by atoms with Gasteiger partial charge < -0.3 is 14.5 Å². The van der Waals surface area contributed by atoms with E-state index in [9.17, 15) is 10.1 Å². The first kappa shape index (κ1) is 24.1. The molecule has 2 aliphatic heterocycles. The van der Waals surface area contributed by atoms with Gasteiger partial charge in [-0.2, -0.15) is 5.26 Å². The minimum Gasteiger partial charge on any atom is -0.461 e. The maximum Gasteiger partial charge on any atom is 0.357 e. The molecule has 0 amide bonds. The maximum absolute atomic E-state index is 13.0. The molecule has 3 heterocycles. The number of hydrogen-bond donors (Lipinski definition) is 0. The van der Waals surface area contributed by atoms with Crippen molar-refractivity contribution in [3.63, 3.8) is 0 Å². The van der Waals surface area contributed by atoms with Crippen LogP contribution in [0.15, 0.2) is 36.4 Å². The van der Waals surface area contributed by atoms with Crippen LogP contribution in [-0.4, -0.2) is 37.2 Å². The third-order valence-electron chi connectivity index (χ3n) is 7.68. The van der Waals surface area contributed by atoms with Crippen molar-refractivity contribution in [1.29, 1.82) is 5.26 Å². The van der Waals surface area contributed by atoms with Crippen molar-refractivity contribution >= 4 is 28.1 Å². The lowest BCUT2D eigenvalue weighted by molar-refractivity contribution is 0.0518. The largest absolute Gasteiger partial charge is 0.461 e. The SMILES string of the molecule is CCOC(=O)c1nc2c(c(N3CCC[C@@H](CC#N)C3)c1C)CCN(c1cccc3cccc(C)c13)C2. The Morgan fingerprint density at radius 3 is 2.75 bits per heavy atom. The number of rotatable bonds is 5. The second-order valence-corrected chi connectivity index (χ2v) is 10.0. The van der Waals surface area contributed by atoms with E-state index in [2.05, 4.69) is 59.2 Å². The summed E-state index contributed by atoms with van der Waals surface area (Å²) in [4.78, 5) is 22.7. The highest BCUT2D eigenvalue weighted by atomic mass is 16.5. The third kappa shape index (κ3) is 4.39. The molecule has 0 N–H and O–H groups in total. The highest BCUT2D eigenvalue weighted by molar-refractivity contribution is 5.97. The predicted octanol–water partition coefficient (Wildman–Crippen LogP) is 5.72. The Labute approximate surface area is 213 Å². The monoisotopic (exact) mass is 482 g/mol. The number of esters is 1. The van der Waals surface area contributed by atoms with E-state index in [0.717, 1.165) is 55.8 Å². The van der Waals surface area contributed by atoms with Crippen molar-refractivity contribution in [1.82, 2.24) is 4.98 Å². The molecule has 3 aromatic rings. The van der Waals surface area contributed by atoms with Gasteiger partial charge in [0.05, 0.1) is 24.9 Å². The third-order valence-corrected chi connectivity index (χ3v) is 7.68. The molecular weight excluding hydrogens is 448 g/mol. The first-order valence-electron chi connectivity index (χ1n) is 13.1. The van der Waals surface area contributed by atoms with Crippen LogP contribution in [0.3, 0.4) is 0 Å². The van der Waals surface area contributed by atoms with E-state index < -0.39 is 0 Å². The molecule has 1 atom stereocenters. The Bertz CT molecular complexity index is 1340. The Morgan fingerprint density at radius 2 is 1.97 bits per heavy atom. The number of ether oxygens (including phenoxy) is 1. The van der Waals surface area contributed by atoms with Crippen molar-refractivity contribution < 1.29 is 9.53 Å². The van der Waals surface area contributed by atoms with E-state index in [1.807, 2.05) is 13.8 Å². The predicted molar refractivity (Wildman–Crippen MR) is 144 cm³/mol.